The molecule has 1 amide bonds. The Balaban J connectivity index is 1.75. The van der Waals surface area contributed by atoms with Crippen molar-refractivity contribution in [3.8, 4) is 17.6 Å². The average molecular weight is 601 g/mol. The van der Waals surface area contributed by atoms with Crippen LogP contribution in [0.25, 0.3) is 0 Å². The van der Waals surface area contributed by atoms with E-state index < -0.39 is 29.5 Å². The molecule has 3 aromatic rings. The van der Waals surface area contributed by atoms with Crippen LogP contribution in [-0.2, 0) is 15.0 Å². The van der Waals surface area contributed by atoms with Gasteiger partial charge in [0.15, 0.2) is 0 Å². The van der Waals surface area contributed by atoms with Crippen LogP contribution >= 0.6 is 11.6 Å². The van der Waals surface area contributed by atoms with E-state index in [4.69, 9.17) is 26.4 Å². The maximum Gasteiger partial charge on any atom is 0.573 e. The first-order chi connectivity index (χ1) is 19.8. The molecule has 0 bridgehead atoms. The number of hydrogen-bond donors (Lipinski definition) is 1. The third-order valence-corrected chi connectivity index (χ3v) is 6.95. The van der Waals surface area contributed by atoms with Gasteiger partial charge in [-0.05, 0) is 48.4 Å². The predicted molar refractivity (Wildman–Crippen MR) is 153 cm³/mol. The fourth-order valence-corrected chi connectivity index (χ4v) is 4.88. The lowest BCUT2D eigenvalue weighted by Gasteiger charge is -2.27. The Labute approximate surface area is 246 Å². The van der Waals surface area contributed by atoms with E-state index in [9.17, 15) is 18.0 Å². The summed E-state index contributed by atoms with van der Waals surface area (Å²) in [5.41, 5.74) is 2.66. The van der Waals surface area contributed by atoms with Crippen LogP contribution in [0.2, 0.25) is 5.02 Å². The van der Waals surface area contributed by atoms with Gasteiger partial charge in [0.25, 0.3) is 5.91 Å². The zero-order valence-electron chi connectivity index (χ0n) is 23.3. The van der Waals surface area contributed by atoms with Crippen LogP contribution in [0.4, 0.5) is 24.5 Å². The van der Waals surface area contributed by atoms with E-state index in [-0.39, 0.29) is 13.2 Å². The molecular formula is C30H28ClF3N4O4. The minimum Gasteiger partial charge on any atom is -0.497 e. The minimum absolute atomic E-state index is 0.219. The van der Waals surface area contributed by atoms with Crippen molar-refractivity contribution >= 4 is 34.6 Å². The molecule has 0 saturated carbocycles. The number of ether oxygens (including phenoxy) is 2. The predicted octanol–water partition coefficient (Wildman–Crippen LogP) is 6.99. The fourth-order valence-electron chi connectivity index (χ4n) is 4.75. The monoisotopic (exact) mass is 600 g/mol. The highest BCUT2D eigenvalue weighted by Gasteiger charge is 2.41. The summed E-state index contributed by atoms with van der Waals surface area (Å²) < 4.78 is 48.6. The number of halogens is 4. The number of oxime groups is 1. The quantitative estimate of drug-likeness (QED) is 0.162. The maximum atomic E-state index is 14.3. The number of amides is 1. The Hall–Kier alpha value is -4.43. The highest BCUT2D eigenvalue weighted by Crippen LogP contribution is 2.44. The molecule has 8 nitrogen and oxygen atoms in total. The van der Waals surface area contributed by atoms with Gasteiger partial charge < -0.3 is 24.5 Å². The van der Waals surface area contributed by atoms with Gasteiger partial charge in [-0.1, -0.05) is 48.8 Å². The standard InChI is InChI=1S/C30H28ClF3N4O4/c1-18(37-41-12-11-35)20-13-22(15-24(14-20)40-4)36-27(19-5-7-21(31)8-6-19)28(39)38-17-29(2,3)25-10-9-23(16-26(25)38)42-30(32,33)34/h5-10,13-16,27,36H,12,17H2,1-4H3/b37-18+. The van der Waals surface area contributed by atoms with Gasteiger partial charge in [0.05, 0.1) is 18.5 Å². The molecule has 0 fully saturated rings. The molecule has 0 aromatic heterocycles. The smallest absolute Gasteiger partial charge is 0.497 e. The minimum atomic E-state index is -4.88. The Bertz CT molecular complexity index is 1530. The molecule has 0 saturated heterocycles. The molecule has 1 N–H and O–H groups in total. The number of rotatable bonds is 9. The summed E-state index contributed by atoms with van der Waals surface area (Å²) in [5.74, 6) is -0.354. The van der Waals surface area contributed by atoms with Crippen LogP contribution in [0, 0.1) is 11.3 Å². The molecule has 3 aromatic carbocycles. The zero-order valence-corrected chi connectivity index (χ0v) is 24.0. The van der Waals surface area contributed by atoms with Gasteiger partial charge in [0.2, 0.25) is 6.61 Å². The summed E-state index contributed by atoms with van der Waals surface area (Å²) in [6.45, 7) is 5.54. The summed E-state index contributed by atoms with van der Waals surface area (Å²) in [6, 6.07) is 16.8. The Morgan fingerprint density at radius 3 is 2.50 bits per heavy atom. The molecule has 1 aliphatic heterocycles. The highest BCUT2D eigenvalue weighted by molar-refractivity contribution is 6.30. The highest BCUT2D eigenvalue weighted by atomic mass is 35.5. The van der Waals surface area contributed by atoms with Gasteiger partial charge in [0.1, 0.15) is 23.6 Å². The number of nitrogens with one attached hydrogen (secondary N) is 1. The van der Waals surface area contributed by atoms with Crippen molar-refractivity contribution in [1.29, 1.82) is 5.26 Å². The van der Waals surface area contributed by atoms with Crippen molar-refractivity contribution in [3.05, 3.63) is 82.4 Å². The molecule has 0 radical (unpaired) electrons. The van der Waals surface area contributed by atoms with Crippen molar-refractivity contribution in [1.82, 2.24) is 0 Å². The second-order valence-electron chi connectivity index (χ2n) is 10.2. The molecule has 42 heavy (non-hydrogen) atoms. The summed E-state index contributed by atoms with van der Waals surface area (Å²) >= 11 is 6.12. The van der Waals surface area contributed by atoms with Crippen LogP contribution < -0.4 is 19.7 Å². The number of nitrogens with zero attached hydrogens (tertiary/aromatic N) is 3. The van der Waals surface area contributed by atoms with E-state index in [1.807, 2.05) is 19.9 Å². The third-order valence-electron chi connectivity index (χ3n) is 6.69. The lowest BCUT2D eigenvalue weighted by molar-refractivity contribution is -0.274. The van der Waals surface area contributed by atoms with Crippen LogP contribution in [0.5, 0.6) is 11.5 Å². The normalized spacial score (nSPS) is 14.9. The first kappa shape index (κ1) is 30.5. The molecule has 1 unspecified atom stereocenters. The zero-order chi connectivity index (χ0) is 30.7. The summed E-state index contributed by atoms with van der Waals surface area (Å²) in [4.78, 5) is 20.7. The Morgan fingerprint density at radius 2 is 1.86 bits per heavy atom. The van der Waals surface area contributed by atoms with E-state index in [0.29, 0.717) is 44.5 Å². The molecule has 12 heteroatoms. The number of hydrogen-bond acceptors (Lipinski definition) is 7. The fraction of sp³-hybridized carbons (Fsp3) is 0.300. The molecule has 1 aliphatic rings. The number of anilines is 2. The van der Waals surface area contributed by atoms with Gasteiger partial charge in [0, 0.05) is 40.4 Å². The number of fused-ring (bicyclic) bond motifs is 1. The summed E-state index contributed by atoms with van der Waals surface area (Å²) in [6.07, 6.45) is -4.88. The van der Waals surface area contributed by atoms with Crippen LogP contribution in [0.15, 0.2) is 65.8 Å². The molecule has 220 valence electrons. The molecule has 0 spiro atoms. The molecule has 1 heterocycles. The molecule has 4 rings (SSSR count). The van der Waals surface area contributed by atoms with Crippen molar-refractivity contribution < 1.29 is 32.3 Å². The molecule has 0 aliphatic carbocycles. The largest absolute Gasteiger partial charge is 0.573 e. The third kappa shape index (κ3) is 7.06. The molecular weight excluding hydrogens is 573 g/mol. The second-order valence-corrected chi connectivity index (χ2v) is 10.7. The van der Waals surface area contributed by atoms with Crippen molar-refractivity contribution in [2.24, 2.45) is 5.16 Å². The number of nitriles is 1. The maximum absolute atomic E-state index is 14.3. The number of alkyl halides is 3. The van der Waals surface area contributed by atoms with Gasteiger partial charge >= 0.3 is 6.36 Å². The van der Waals surface area contributed by atoms with E-state index >= 15 is 0 Å². The van der Waals surface area contributed by atoms with Crippen LogP contribution in [-0.4, -0.2) is 38.2 Å². The lowest BCUT2D eigenvalue weighted by atomic mass is 9.87. The van der Waals surface area contributed by atoms with E-state index in [2.05, 4.69) is 15.2 Å². The van der Waals surface area contributed by atoms with Gasteiger partial charge in [-0.25, -0.2) is 0 Å². The SMILES string of the molecule is COc1cc(NC(C(=O)N2CC(C)(C)c3ccc(OC(F)(F)F)cc32)c2ccc(Cl)cc2)cc(/C(C)=N/OCC#N)c1. The average Bonchev–Trinajstić information content (AvgIpc) is 3.20. The van der Waals surface area contributed by atoms with Gasteiger partial charge in [-0.15, -0.1) is 13.2 Å². The lowest BCUT2D eigenvalue weighted by Crippen LogP contribution is -2.39. The number of carbonyl (C=O) groups excluding carboxylic acids is 1. The van der Waals surface area contributed by atoms with Crippen LogP contribution in [0.1, 0.15) is 43.5 Å². The second kappa shape index (κ2) is 12.2. The summed E-state index contributed by atoms with van der Waals surface area (Å²) in [5, 5.41) is 16.4. The number of methoxy groups -OCH3 is 1. The van der Waals surface area contributed by atoms with Crippen LogP contribution in [0.3, 0.4) is 0 Å². The molecule has 1 atom stereocenters. The number of carbonyl (C=O) groups is 1. The van der Waals surface area contributed by atoms with Crippen molar-refractivity contribution in [2.45, 2.75) is 38.6 Å². The Morgan fingerprint density at radius 1 is 1.14 bits per heavy atom. The Kier molecular flexibility index (Phi) is 8.87. The van der Waals surface area contributed by atoms with Crippen molar-refractivity contribution in [2.75, 3.05) is 30.5 Å². The van der Waals surface area contributed by atoms with E-state index in [0.717, 1.165) is 0 Å². The summed E-state index contributed by atoms with van der Waals surface area (Å²) in [7, 11) is 1.49. The first-order valence-corrected chi connectivity index (χ1v) is 13.2. The van der Waals surface area contributed by atoms with E-state index in [1.165, 1.54) is 24.1 Å². The first-order valence-electron chi connectivity index (χ1n) is 12.8. The van der Waals surface area contributed by atoms with Gasteiger partial charge in [-0.2, -0.15) is 5.26 Å². The van der Waals surface area contributed by atoms with E-state index in [1.54, 1.807) is 55.5 Å². The topological polar surface area (TPSA) is 96.2 Å². The van der Waals surface area contributed by atoms with Crippen molar-refractivity contribution in [3.63, 3.8) is 0 Å². The number of benzene rings is 3. The van der Waals surface area contributed by atoms with Gasteiger partial charge in [-0.3, -0.25) is 4.79 Å².